The zero-order chi connectivity index (χ0) is 9.26. The van der Waals surface area contributed by atoms with Crippen molar-refractivity contribution in [3.05, 3.63) is 23.7 Å². The Morgan fingerprint density at radius 2 is 2.46 bits per heavy atom. The van der Waals surface area contributed by atoms with Crippen molar-refractivity contribution in [1.29, 1.82) is 0 Å². The molecule has 0 aromatic carbocycles. The van der Waals surface area contributed by atoms with Gasteiger partial charge < -0.3 is 9.73 Å². The molecule has 1 aromatic heterocycles. The molecule has 0 saturated carbocycles. The quantitative estimate of drug-likeness (QED) is 0.749. The number of nitrogens with one attached hydrogen (secondary N) is 1. The normalized spacial score (nSPS) is 29.1. The molecule has 1 aliphatic rings. The van der Waals surface area contributed by atoms with Gasteiger partial charge in [-0.25, -0.2) is 0 Å². The summed E-state index contributed by atoms with van der Waals surface area (Å²) in [5.74, 6) is 3.07. The summed E-state index contributed by atoms with van der Waals surface area (Å²) >= 11 is 1.97. The van der Waals surface area contributed by atoms with Crippen LogP contribution >= 0.6 is 11.8 Å². The number of furan rings is 1. The molecule has 2 rings (SSSR count). The second kappa shape index (κ2) is 3.76. The third-order valence-electron chi connectivity index (χ3n) is 2.38. The Hall–Kier alpha value is -0.410. The van der Waals surface area contributed by atoms with Crippen LogP contribution in [0.5, 0.6) is 0 Å². The molecule has 1 aromatic rings. The van der Waals surface area contributed by atoms with Crippen LogP contribution in [0.25, 0.3) is 0 Å². The standard InChI is InChI=1S/C10H15NOS/c1-7-5-11-10(13-6-7)9-3-4-12-8(9)2/h3-4,7,10-11H,5-6H2,1-2H3. The van der Waals surface area contributed by atoms with E-state index in [1.807, 2.05) is 18.7 Å². The van der Waals surface area contributed by atoms with Crippen molar-refractivity contribution < 1.29 is 4.42 Å². The highest BCUT2D eigenvalue weighted by atomic mass is 32.2. The summed E-state index contributed by atoms with van der Waals surface area (Å²) in [6, 6.07) is 2.07. The molecule has 2 heterocycles. The average Bonchev–Trinajstić information content (AvgIpc) is 2.53. The molecule has 3 heteroatoms. The first-order valence-electron chi connectivity index (χ1n) is 4.66. The first-order valence-corrected chi connectivity index (χ1v) is 5.71. The molecular formula is C10H15NOS. The lowest BCUT2D eigenvalue weighted by Gasteiger charge is -2.27. The SMILES string of the molecule is Cc1occc1C1NCC(C)CS1. The smallest absolute Gasteiger partial charge is 0.106 e. The molecular weight excluding hydrogens is 182 g/mol. The largest absolute Gasteiger partial charge is 0.469 e. The van der Waals surface area contributed by atoms with Gasteiger partial charge in [-0.05, 0) is 31.2 Å². The summed E-state index contributed by atoms with van der Waals surface area (Å²) in [5.41, 5.74) is 1.30. The summed E-state index contributed by atoms with van der Waals surface area (Å²) in [7, 11) is 0. The van der Waals surface area contributed by atoms with E-state index >= 15 is 0 Å². The molecule has 1 saturated heterocycles. The van der Waals surface area contributed by atoms with Crippen LogP contribution < -0.4 is 5.32 Å². The van der Waals surface area contributed by atoms with E-state index in [1.165, 1.54) is 11.3 Å². The van der Waals surface area contributed by atoms with Gasteiger partial charge in [0.1, 0.15) is 5.76 Å². The molecule has 2 atom stereocenters. The summed E-state index contributed by atoms with van der Waals surface area (Å²) in [6.07, 6.45) is 1.77. The van der Waals surface area contributed by atoms with E-state index in [0.29, 0.717) is 5.37 Å². The predicted octanol–water partition coefficient (Wildman–Crippen LogP) is 2.56. The molecule has 1 aliphatic heterocycles. The summed E-state index contributed by atoms with van der Waals surface area (Å²) in [4.78, 5) is 0. The van der Waals surface area contributed by atoms with Crippen LogP contribution in [-0.4, -0.2) is 12.3 Å². The summed E-state index contributed by atoms with van der Waals surface area (Å²) in [5, 5.41) is 3.95. The van der Waals surface area contributed by atoms with E-state index in [2.05, 4.69) is 18.3 Å². The Kier molecular flexibility index (Phi) is 2.65. The fourth-order valence-electron chi connectivity index (χ4n) is 1.55. The Morgan fingerprint density at radius 1 is 1.62 bits per heavy atom. The van der Waals surface area contributed by atoms with Crippen molar-refractivity contribution in [3.63, 3.8) is 0 Å². The fourth-order valence-corrected chi connectivity index (χ4v) is 2.83. The topological polar surface area (TPSA) is 25.2 Å². The fraction of sp³-hybridized carbons (Fsp3) is 0.600. The molecule has 0 aliphatic carbocycles. The maximum absolute atomic E-state index is 5.29. The molecule has 13 heavy (non-hydrogen) atoms. The number of aryl methyl sites for hydroxylation is 1. The van der Waals surface area contributed by atoms with Crippen LogP contribution in [0, 0.1) is 12.8 Å². The first-order chi connectivity index (χ1) is 6.27. The van der Waals surface area contributed by atoms with Crippen LogP contribution in [0.15, 0.2) is 16.7 Å². The third-order valence-corrected chi connectivity index (χ3v) is 3.90. The van der Waals surface area contributed by atoms with Crippen LogP contribution in [0.1, 0.15) is 23.6 Å². The van der Waals surface area contributed by atoms with Gasteiger partial charge in [-0.3, -0.25) is 0 Å². The van der Waals surface area contributed by atoms with E-state index < -0.39 is 0 Å². The molecule has 0 radical (unpaired) electrons. The minimum atomic E-state index is 0.440. The van der Waals surface area contributed by atoms with Gasteiger partial charge in [-0.1, -0.05) is 6.92 Å². The number of hydrogen-bond donors (Lipinski definition) is 1. The van der Waals surface area contributed by atoms with Crippen molar-refractivity contribution in [2.24, 2.45) is 5.92 Å². The van der Waals surface area contributed by atoms with Crippen molar-refractivity contribution >= 4 is 11.8 Å². The van der Waals surface area contributed by atoms with Gasteiger partial charge in [0.2, 0.25) is 0 Å². The number of thioether (sulfide) groups is 1. The van der Waals surface area contributed by atoms with E-state index in [0.717, 1.165) is 18.2 Å². The monoisotopic (exact) mass is 197 g/mol. The van der Waals surface area contributed by atoms with Gasteiger partial charge in [0.15, 0.2) is 0 Å². The molecule has 1 N–H and O–H groups in total. The van der Waals surface area contributed by atoms with E-state index in [1.54, 1.807) is 6.26 Å². The van der Waals surface area contributed by atoms with E-state index in [-0.39, 0.29) is 0 Å². The first kappa shape index (κ1) is 9.16. The lowest BCUT2D eigenvalue weighted by molar-refractivity contribution is 0.506. The highest BCUT2D eigenvalue weighted by molar-refractivity contribution is 7.99. The zero-order valence-corrected chi connectivity index (χ0v) is 8.86. The molecule has 72 valence electrons. The minimum Gasteiger partial charge on any atom is -0.469 e. The Morgan fingerprint density at radius 3 is 3.00 bits per heavy atom. The lowest BCUT2D eigenvalue weighted by Crippen LogP contribution is -2.31. The molecule has 0 bridgehead atoms. The van der Waals surface area contributed by atoms with Crippen molar-refractivity contribution in [2.75, 3.05) is 12.3 Å². The molecule has 0 amide bonds. The molecule has 0 spiro atoms. The van der Waals surface area contributed by atoms with Gasteiger partial charge in [0.25, 0.3) is 0 Å². The van der Waals surface area contributed by atoms with Gasteiger partial charge in [-0.2, -0.15) is 0 Å². The highest BCUT2D eigenvalue weighted by Gasteiger charge is 2.21. The Balaban J connectivity index is 2.06. The van der Waals surface area contributed by atoms with Crippen molar-refractivity contribution in [1.82, 2.24) is 5.32 Å². The summed E-state index contributed by atoms with van der Waals surface area (Å²) < 4.78 is 5.29. The van der Waals surface area contributed by atoms with Gasteiger partial charge in [0, 0.05) is 5.56 Å². The number of rotatable bonds is 1. The van der Waals surface area contributed by atoms with Crippen LogP contribution in [0.2, 0.25) is 0 Å². The second-order valence-electron chi connectivity index (χ2n) is 3.66. The molecule has 2 unspecified atom stereocenters. The lowest BCUT2D eigenvalue weighted by atomic mass is 10.2. The van der Waals surface area contributed by atoms with Crippen molar-refractivity contribution in [3.8, 4) is 0 Å². The highest BCUT2D eigenvalue weighted by Crippen LogP contribution is 2.33. The molecule has 2 nitrogen and oxygen atoms in total. The number of hydrogen-bond acceptors (Lipinski definition) is 3. The maximum atomic E-state index is 5.29. The van der Waals surface area contributed by atoms with Gasteiger partial charge in [-0.15, -0.1) is 11.8 Å². The zero-order valence-electron chi connectivity index (χ0n) is 8.04. The molecule has 1 fully saturated rings. The maximum Gasteiger partial charge on any atom is 0.106 e. The summed E-state index contributed by atoms with van der Waals surface area (Å²) in [6.45, 7) is 5.41. The van der Waals surface area contributed by atoms with Crippen LogP contribution in [-0.2, 0) is 0 Å². The Bertz CT molecular complexity index is 276. The van der Waals surface area contributed by atoms with Crippen molar-refractivity contribution in [2.45, 2.75) is 19.2 Å². The predicted molar refractivity (Wildman–Crippen MR) is 55.8 cm³/mol. The van der Waals surface area contributed by atoms with E-state index in [9.17, 15) is 0 Å². The second-order valence-corrected chi connectivity index (χ2v) is 4.80. The van der Waals surface area contributed by atoms with Crippen LogP contribution in [0.4, 0.5) is 0 Å². The van der Waals surface area contributed by atoms with Gasteiger partial charge in [0.05, 0.1) is 11.6 Å². The van der Waals surface area contributed by atoms with Gasteiger partial charge >= 0.3 is 0 Å². The average molecular weight is 197 g/mol. The van der Waals surface area contributed by atoms with E-state index in [4.69, 9.17) is 4.42 Å². The Labute approximate surface area is 83.1 Å². The minimum absolute atomic E-state index is 0.440. The van der Waals surface area contributed by atoms with Crippen LogP contribution in [0.3, 0.4) is 0 Å². The third kappa shape index (κ3) is 1.92.